The lowest BCUT2D eigenvalue weighted by atomic mass is 10.1. The molecule has 1 unspecified atom stereocenters. The Balaban J connectivity index is 2.23. The van der Waals surface area contributed by atoms with Crippen molar-refractivity contribution in [3.05, 3.63) is 28.5 Å². The first-order valence-corrected chi connectivity index (χ1v) is 9.07. The summed E-state index contributed by atoms with van der Waals surface area (Å²) in [5.74, 6) is -0.924. The average Bonchev–Trinajstić information content (AvgIpc) is 2.50. The van der Waals surface area contributed by atoms with Crippen molar-refractivity contribution in [3.8, 4) is 5.75 Å². The molecule has 0 N–H and O–H groups in total. The molecule has 0 fully saturated rings. The van der Waals surface area contributed by atoms with E-state index in [9.17, 15) is 14.0 Å². The summed E-state index contributed by atoms with van der Waals surface area (Å²) in [4.78, 5) is 23.4. The molecule has 0 aliphatic rings. The van der Waals surface area contributed by atoms with Crippen LogP contribution in [-0.2, 0) is 14.3 Å². The monoisotopic (exact) mass is 402 g/mol. The summed E-state index contributed by atoms with van der Waals surface area (Å²) in [6.07, 6.45) is 4.72. The lowest BCUT2D eigenvalue weighted by molar-refractivity contribution is -0.148. The Labute approximate surface area is 150 Å². The molecular weight excluding hydrogens is 379 g/mol. The molecule has 0 amide bonds. The van der Waals surface area contributed by atoms with Gasteiger partial charge in [-0.05, 0) is 60.3 Å². The minimum Gasteiger partial charge on any atom is -0.463 e. The van der Waals surface area contributed by atoms with Gasteiger partial charge in [0.1, 0.15) is 11.6 Å². The molecular formula is C18H24BrFO4. The van der Waals surface area contributed by atoms with E-state index in [1.54, 1.807) is 0 Å². The fourth-order valence-electron chi connectivity index (χ4n) is 2.13. The molecule has 1 atom stereocenters. The number of carbonyl (C=O) groups is 2. The number of carbonyl (C=O) groups excluding carboxylic acids is 2. The predicted octanol–water partition coefficient (Wildman–Crippen LogP) is 5.18. The molecule has 0 heterocycles. The van der Waals surface area contributed by atoms with E-state index >= 15 is 0 Å². The Morgan fingerprint density at radius 2 is 1.88 bits per heavy atom. The Hall–Kier alpha value is -1.43. The minimum absolute atomic E-state index is 0.0915. The first-order valence-electron chi connectivity index (χ1n) is 8.27. The van der Waals surface area contributed by atoms with Crippen LogP contribution < -0.4 is 4.74 Å². The van der Waals surface area contributed by atoms with Gasteiger partial charge in [-0.1, -0.05) is 19.8 Å². The number of hydrogen-bond acceptors (Lipinski definition) is 4. The Bertz CT molecular complexity index is 548. The van der Waals surface area contributed by atoms with Crippen LogP contribution in [0.25, 0.3) is 0 Å². The molecule has 0 aromatic heterocycles. The molecule has 1 rings (SSSR count). The standard InChI is InChI=1S/C18H24BrFO4/c1-3-4-5-7-13(2)23-17(21)8-6-9-18(22)24-16-11-10-14(20)12-15(16)19/h10-13H,3-9H2,1-2H3. The molecule has 6 heteroatoms. The number of esters is 2. The number of ether oxygens (including phenoxy) is 2. The summed E-state index contributed by atoms with van der Waals surface area (Å²) in [5.41, 5.74) is 0. The zero-order valence-corrected chi connectivity index (χ0v) is 15.7. The summed E-state index contributed by atoms with van der Waals surface area (Å²) in [6, 6.07) is 3.81. The van der Waals surface area contributed by atoms with Crippen molar-refractivity contribution in [1.29, 1.82) is 0 Å². The van der Waals surface area contributed by atoms with Crippen LogP contribution in [0.3, 0.4) is 0 Å². The van der Waals surface area contributed by atoms with Crippen molar-refractivity contribution in [3.63, 3.8) is 0 Å². The van der Waals surface area contributed by atoms with Crippen molar-refractivity contribution in [2.75, 3.05) is 0 Å². The van der Waals surface area contributed by atoms with Crippen LogP contribution >= 0.6 is 15.9 Å². The SMILES string of the molecule is CCCCCC(C)OC(=O)CCCC(=O)Oc1ccc(F)cc1Br. The van der Waals surface area contributed by atoms with Gasteiger partial charge in [0.15, 0.2) is 0 Å². The second kappa shape index (κ2) is 11.2. The van der Waals surface area contributed by atoms with E-state index in [4.69, 9.17) is 9.47 Å². The first kappa shape index (κ1) is 20.6. The number of halogens is 2. The molecule has 0 aliphatic carbocycles. The van der Waals surface area contributed by atoms with Gasteiger partial charge in [-0.25, -0.2) is 4.39 Å². The zero-order valence-electron chi connectivity index (χ0n) is 14.1. The minimum atomic E-state index is -0.467. The highest BCUT2D eigenvalue weighted by Gasteiger charge is 2.12. The highest BCUT2D eigenvalue weighted by atomic mass is 79.9. The van der Waals surface area contributed by atoms with Crippen molar-refractivity contribution in [2.24, 2.45) is 0 Å². The van der Waals surface area contributed by atoms with Gasteiger partial charge in [0.25, 0.3) is 0 Å². The second-order valence-electron chi connectivity index (χ2n) is 5.70. The van der Waals surface area contributed by atoms with E-state index < -0.39 is 11.8 Å². The highest BCUT2D eigenvalue weighted by molar-refractivity contribution is 9.10. The maximum Gasteiger partial charge on any atom is 0.311 e. The van der Waals surface area contributed by atoms with Crippen LogP contribution in [0.4, 0.5) is 4.39 Å². The van der Waals surface area contributed by atoms with Gasteiger partial charge in [0.2, 0.25) is 0 Å². The molecule has 0 bridgehead atoms. The third-order valence-electron chi connectivity index (χ3n) is 3.43. The summed E-state index contributed by atoms with van der Waals surface area (Å²) >= 11 is 3.13. The molecule has 0 spiro atoms. The lowest BCUT2D eigenvalue weighted by Gasteiger charge is -2.12. The third kappa shape index (κ3) is 8.43. The quantitative estimate of drug-likeness (QED) is 0.307. The highest BCUT2D eigenvalue weighted by Crippen LogP contribution is 2.25. The molecule has 4 nitrogen and oxygen atoms in total. The maximum atomic E-state index is 13.0. The van der Waals surface area contributed by atoms with Gasteiger partial charge in [-0.2, -0.15) is 0 Å². The molecule has 0 aliphatic heterocycles. The third-order valence-corrected chi connectivity index (χ3v) is 4.05. The van der Waals surface area contributed by atoms with E-state index in [1.807, 2.05) is 6.92 Å². The van der Waals surface area contributed by atoms with Gasteiger partial charge in [0.05, 0.1) is 10.6 Å². The molecule has 0 saturated carbocycles. The first-order chi connectivity index (χ1) is 11.4. The van der Waals surface area contributed by atoms with Crippen molar-refractivity contribution < 1.29 is 23.5 Å². The van der Waals surface area contributed by atoms with Crippen LogP contribution in [0.5, 0.6) is 5.75 Å². The number of rotatable bonds is 10. The number of unbranched alkanes of at least 4 members (excludes halogenated alkanes) is 2. The molecule has 134 valence electrons. The summed E-state index contributed by atoms with van der Waals surface area (Å²) in [7, 11) is 0. The number of hydrogen-bond donors (Lipinski definition) is 0. The summed E-state index contributed by atoms with van der Waals surface area (Å²) in [6.45, 7) is 4.01. The van der Waals surface area contributed by atoms with Crippen LogP contribution in [0.15, 0.2) is 22.7 Å². The molecule has 0 radical (unpaired) electrons. The van der Waals surface area contributed by atoms with Crippen LogP contribution in [0.2, 0.25) is 0 Å². The lowest BCUT2D eigenvalue weighted by Crippen LogP contribution is -2.15. The van der Waals surface area contributed by atoms with E-state index in [2.05, 4.69) is 22.9 Å². The van der Waals surface area contributed by atoms with Crippen molar-refractivity contribution >= 4 is 27.9 Å². The smallest absolute Gasteiger partial charge is 0.311 e. The van der Waals surface area contributed by atoms with Crippen LogP contribution in [-0.4, -0.2) is 18.0 Å². The zero-order chi connectivity index (χ0) is 17.9. The summed E-state index contributed by atoms with van der Waals surface area (Å²) in [5, 5.41) is 0. The molecule has 1 aromatic carbocycles. The fourth-order valence-corrected chi connectivity index (χ4v) is 2.56. The van der Waals surface area contributed by atoms with Gasteiger partial charge in [0, 0.05) is 12.8 Å². The van der Waals surface area contributed by atoms with E-state index in [0.717, 1.165) is 25.7 Å². The van der Waals surface area contributed by atoms with E-state index in [0.29, 0.717) is 10.9 Å². The van der Waals surface area contributed by atoms with Gasteiger partial charge in [-0.15, -0.1) is 0 Å². The predicted molar refractivity (Wildman–Crippen MR) is 93.3 cm³/mol. The Morgan fingerprint density at radius 1 is 1.17 bits per heavy atom. The topological polar surface area (TPSA) is 52.6 Å². The number of benzene rings is 1. The van der Waals surface area contributed by atoms with E-state index in [-0.39, 0.29) is 30.7 Å². The average molecular weight is 403 g/mol. The molecule has 0 saturated heterocycles. The van der Waals surface area contributed by atoms with Crippen LogP contribution in [0, 0.1) is 5.82 Å². The van der Waals surface area contributed by atoms with Gasteiger partial charge >= 0.3 is 11.9 Å². The fraction of sp³-hybridized carbons (Fsp3) is 0.556. The van der Waals surface area contributed by atoms with Crippen molar-refractivity contribution in [2.45, 2.75) is 64.9 Å². The largest absolute Gasteiger partial charge is 0.463 e. The maximum absolute atomic E-state index is 13.0. The van der Waals surface area contributed by atoms with Gasteiger partial charge in [-0.3, -0.25) is 9.59 Å². The van der Waals surface area contributed by atoms with Crippen LogP contribution in [0.1, 0.15) is 58.8 Å². The summed E-state index contributed by atoms with van der Waals surface area (Å²) < 4.78 is 23.7. The Morgan fingerprint density at radius 3 is 2.54 bits per heavy atom. The molecule has 24 heavy (non-hydrogen) atoms. The van der Waals surface area contributed by atoms with E-state index in [1.165, 1.54) is 18.2 Å². The van der Waals surface area contributed by atoms with Gasteiger partial charge < -0.3 is 9.47 Å². The molecule has 1 aromatic rings. The second-order valence-corrected chi connectivity index (χ2v) is 6.55. The Kier molecular flexibility index (Phi) is 9.60. The normalized spacial score (nSPS) is 11.8. The van der Waals surface area contributed by atoms with Crippen molar-refractivity contribution in [1.82, 2.24) is 0 Å².